The summed E-state index contributed by atoms with van der Waals surface area (Å²) in [6.07, 6.45) is -4.09. The number of aliphatic hydroxyl groups is 4. The van der Waals surface area contributed by atoms with Crippen molar-refractivity contribution in [2.45, 2.75) is 56.4 Å². The van der Waals surface area contributed by atoms with E-state index in [2.05, 4.69) is 0 Å². The van der Waals surface area contributed by atoms with Gasteiger partial charge in [-0.05, 0) is 47.7 Å². The lowest BCUT2D eigenvalue weighted by atomic mass is 9.89. The Bertz CT molecular complexity index is 861. The van der Waals surface area contributed by atoms with E-state index in [1.165, 1.54) is 0 Å². The first-order valence-corrected chi connectivity index (χ1v) is 10.7. The predicted octanol–water partition coefficient (Wildman–Crippen LogP) is 1.27. The van der Waals surface area contributed by atoms with Crippen molar-refractivity contribution in [3.8, 4) is 5.75 Å². The summed E-state index contributed by atoms with van der Waals surface area (Å²) in [5.74, 6) is 0.825. The SMILES string of the molecule is Cc1ccc([C@@H]2O[C@H](CO)[C@@H](O)[C@H](O)[C@H]2O)cc1Cc1ccc(O[C@H]2CCOC2)cc1. The number of rotatable bonds is 6. The zero-order chi connectivity index (χ0) is 22.0. The van der Waals surface area contributed by atoms with E-state index in [1.807, 2.05) is 49.4 Å². The number of benzene rings is 2. The molecule has 0 radical (unpaired) electrons. The molecule has 31 heavy (non-hydrogen) atoms. The molecular weight excluding hydrogens is 400 g/mol. The van der Waals surface area contributed by atoms with Gasteiger partial charge in [0.05, 0.1) is 19.8 Å². The predicted molar refractivity (Wildman–Crippen MR) is 113 cm³/mol. The van der Waals surface area contributed by atoms with Gasteiger partial charge in [-0.15, -0.1) is 0 Å². The fourth-order valence-corrected chi connectivity index (χ4v) is 4.14. The third-order valence-electron chi connectivity index (χ3n) is 6.10. The lowest BCUT2D eigenvalue weighted by molar-refractivity contribution is -0.231. The standard InChI is InChI=1S/C24H30O7/c1-14-2-5-16(24-23(28)22(27)21(26)20(12-25)31-24)11-17(14)10-15-3-6-18(7-4-15)30-19-8-9-29-13-19/h2-7,11,19-28H,8-10,12-13H2,1H3/t19-,20+,21+,22-,23+,24-/m0/s1. The monoisotopic (exact) mass is 430 g/mol. The summed E-state index contributed by atoms with van der Waals surface area (Å²) >= 11 is 0. The van der Waals surface area contributed by atoms with Gasteiger partial charge in [-0.2, -0.15) is 0 Å². The summed E-state index contributed by atoms with van der Waals surface area (Å²) in [6.45, 7) is 2.95. The molecule has 7 nitrogen and oxygen atoms in total. The zero-order valence-corrected chi connectivity index (χ0v) is 17.6. The van der Waals surface area contributed by atoms with Gasteiger partial charge in [-0.3, -0.25) is 0 Å². The zero-order valence-electron chi connectivity index (χ0n) is 17.6. The number of ether oxygens (including phenoxy) is 3. The third-order valence-corrected chi connectivity index (χ3v) is 6.10. The van der Waals surface area contributed by atoms with Crippen molar-refractivity contribution in [1.29, 1.82) is 0 Å². The second kappa shape index (κ2) is 9.65. The van der Waals surface area contributed by atoms with Crippen molar-refractivity contribution in [2.75, 3.05) is 19.8 Å². The van der Waals surface area contributed by atoms with Crippen LogP contribution in [0.2, 0.25) is 0 Å². The van der Waals surface area contributed by atoms with Crippen molar-refractivity contribution >= 4 is 0 Å². The van der Waals surface area contributed by atoms with E-state index in [9.17, 15) is 20.4 Å². The molecule has 2 aromatic rings. The molecule has 0 bridgehead atoms. The topological polar surface area (TPSA) is 109 Å². The average molecular weight is 430 g/mol. The Morgan fingerprint density at radius 3 is 2.45 bits per heavy atom. The summed E-state index contributed by atoms with van der Waals surface area (Å²) in [7, 11) is 0. The molecule has 0 spiro atoms. The highest BCUT2D eigenvalue weighted by Gasteiger charge is 2.43. The molecule has 4 rings (SSSR count). The van der Waals surface area contributed by atoms with E-state index in [4.69, 9.17) is 14.2 Å². The Hall–Kier alpha value is -2.00. The molecule has 2 aliphatic heterocycles. The molecule has 0 saturated carbocycles. The van der Waals surface area contributed by atoms with Crippen LogP contribution in [0.25, 0.3) is 0 Å². The van der Waals surface area contributed by atoms with E-state index >= 15 is 0 Å². The highest BCUT2D eigenvalue weighted by molar-refractivity contribution is 5.38. The number of hydrogen-bond donors (Lipinski definition) is 4. The molecule has 4 N–H and O–H groups in total. The van der Waals surface area contributed by atoms with E-state index in [0.717, 1.165) is 35.5 Å². The van der Waals surface area contributed by atoms with Crippen LogP contribution >= 0.6 is 0 Å². The second-order valence-electron chi connectivity index (χ2n) is 8.36. The van der Waals surface area contributed by atoms with Crippen LogP contribution in [0.4, 0.5) is 0 Å². The summed E-state index contributed by atoms with van der Waals surface area (Å²) in [5.41, 5.74) is 3.96. The van der Waals surface area contributed by atoms with Crippen molar-refractivity contribution in [2.24, 2.45) is 0 Å². The molecule has 2 aliphatic rings. The Morgan fingerprint density at radius 2 is 1.77 bits per heavy atom. The number of hydrogen-bond acceptors (Lipinski definition) is 7. The minimum absolute atomic E-state index is 0.114. The van der Waals surface area contributed by atoms with Gasteiger partial charge < -0.3 is 34.6 Å². The van der Waals surface area contributed by atoms with Gasteiger partial charge in [-0.25, -0.2) is 0 Å². The van der Waals surface area contributed by atoms with E-state index in [-0.39, 0.29) is 6.10 Å². The Kier molecular flexibility index (Phi) is 6.91. The lowest BCUT2D eigenvalue weighted by Gasteiger charge is -2.40. The fraction of sp³-hybridized carbons (Fsp3) is 0.500. The molecule has 0 unspecified atom stereocenters. The number of aliphatic hydroxyl groups excluding tert-OH is 4. The molecule has 2 saturated heterocycles. The minimum Gasteiger partial charge on any atom is -0.488 e. The van der Waals surface area contributed by atoms with E-state index in [1.54, 1.807) is 0 Å². The highest BCUT2D eigenvalue weighted by atomic mass is 16.5. The van der Waals surface area contributed by atoms with Crippen LogP contribution in [0.5, 0.6) is 5.75 Å². The number of aryl methyl sites for hydroxylation is 1. The first-order chi connectivity index (χ1) is 15.0. The van der Waals surface area contributed by atoms with Gasteiger partial charge in [0.1, 0.15) is 42.4 Å². The molecule has 2 fully saturated rings. The van der Waals surface area contributed by atoms with Crippen LogP contribution in [0.1, 0.15) is 34.8 Å². The average Bonchev–Trinajstić information content (AvgIpc) is 3.28. The van der Waals surface area contributed by atoms with Crippen molar-refractivity contribution in [3.63, 3.8) is 0 Å². The van der Waals surface area contributed by atoms with Crippen LogP contribution in [0.3, 0.4) is 0 Å². The molecule has 168 valence electrons. The first kappa shape index (κ1) is 22.2. The Labute approximate surface area is 181 Å². The van der Waals surface area contributed by atoms with Crippen LogP contribution in [-0.2, 0) is 15.9 Å². The maximum atomic E-state index is 10.4. The van der Waals surface area contributed by atoms with Gasteiger partial charge in [0.15, 0.2) is 0 Å². The molecule has 0 aromatic heterocycles. The summed E-state index contributed by atoms with van der Waals surface area (Å²) < 4.78 is 17.0. The van der Waals surface area contributed by atoms with Crippen LogP contribution < -0.4 is 4.74 Å². The second-order valence-corrected chi connectivity index (χ2v) is 8.36. The van der Waals surface area contributed by atoms with Gasteiger partial charge >= 0.3 is 0 Å². The normalized spacial score (nSPS) is 31.0. The van der Waals surface area contributed by atoms with Gasteiger partial charge in [0, 0.05) is 6.42 Å². The van der Waals surface area contributed by atoms with Gasteiger partial charge in [0.2, 0.25) is 0 Å². The molecule has 0 aliphatic carbocycles. The quantitative estimate of drug-likeness (QED) is 0.547. The van der Waals surface area contributed by atoms with Gasteiger partial charge in [0.25, 0.3) is 0 Å². The third kappa shape index (κ3) is 4.92. The fourth-order valence-electron chi connectivity index (χ4n) is 4.14. The Morgan fingerprint density at radius 1 is 1.00 bits per heavy atom. The van der Waals surface area contributed by atoms with Crippen LogP contribution in [-0.4, -0.2) is 70.8 Å². The summed E-state index contributed by atoms with van der Waals surface area (Å²) in [4.78, 5) is 0. The molecule has 0 amide bonds. The molecule has 7 heteroatoms. The van der Waals surface area contributed by atoms with E-state index < -0.39 is 37.1 Å². The first-order valence-electron chi connectivity index (χ1n) is 10.7. The smallest absolute Gasteiger partial charge is 0.124 e. The Balaban J connectivity index is 1.49. The molecule has 2 aromatic carbocycles. The lowest BCUT2D eigenvalue weighted by Crippen LogP contribution is -2.55. The summed E-state index contributed by atoms with van der Waals surface area (Å²) in [5, 5.41) is 40.0. The van der Waals surface area contributed by atoms with E-state index in [0.29, 0.717) is 18.6 Å². The maximum absolute atomic E-state index is 10.4. The highest BCUT2D eigenvalue weighted by Crippen LogP contribution is 2.33. The molecular formula is C24H30O7. The van der Waals surface area contributed by atoms with Crippen molar-refractivity contribution < 1.29 is 34.6 Å². The molecule has 6 atom stereocenters. The largest absolute Gasteiger partial charge is 0.488 e. The van der Waals surface area contributed by atoms with Gasteiger partial charge in [-0.1, -0.05) is 30.3 Å². The minimum atomic E-state index is -1.39. The van der Waals surface area contributed by atoms with Crippen molar-refractivity contribution in [3.05, 3.63) is 64.7 Å². The molecule has 2 heterocycles. The summed E-state index contributed by atoms with van der Waals surface area (Å²) in [6, 6.07) is 13.7. The van der Waals surface area contributed by atoms with Crippen molar-refractivity contribution in [1.82, 2.24) is 0 Å². The maximum Gasteiger partial charge on any atom is 0.124 e. The van der Waals surface area contributed by atoms with Crippen LogP contribution in [0, 0.1) is 6.92 Å². The van der Waals surface area contributed by atoms with Crippen LogP contribution in [0.15, 0.2) is 42.5 Å².